The van der Waals surface area contributed by atoms with Crippen molar-refractivity contribution in [3.8, 4) is 0 Å². The van der Waals surface area contributed by atoms with E-state index >= 15 is 0 Å². The molecule has 0 unspecified atom stereocenters. The molecule has 0 saturated carbocycles. The van der Waals surface area contributed by atoms with Crippen LogP contribution in [-0.4, -0.2) is 36.2 Å². The molecule has 1 fully saturated rings. The van der Waals surface area contributed by atoms with E-state index in [-0.39, 0.29) is 17.7 Å². The maximum absolute atomic E-state index is 13.9. The van der Waals surface area contributed by atoms with Gasteiger partial charge in [0.1, 0.15) is 5.82 Å². The van der Waals surface area contributed by atoms with Gasteiger partial charge >= 0.3 is 5.97 Å². The number of thiocarbonyl (C=S) groups is 1. The van der Waals surface area contributed by atoms with E-state index in [2.05, 4.69) is 15.0 Å². The van der Waals surface area contributed by atoms with Crippen molar-refractivity contribution in [2.75, 3.05) is 25.5 Å². The fourth-order valence-electron chi connectivity index (χ4n) is 3.21. The second-order valence-corrected chi connectivity index (χ2v) is 6.67. The normalized spacial score (nSPS) is 14.8. The Kier molecular flexibility index (Phi) is 5.83. The van der Waals surface area contributed by atoms with Gasteiger partial charge in [0.15, 0.2) is 5.11 Å². The van der Waals surface area contributed by atoms with E-state index < -0.39 is 0 Å². The van der Waals surface area contributed by atoms with Gasteiger partial charge in [-0.15, -0.1) is 0 Å². The molecule has 1 aliphatic rings. The van der Waals surface area contributed by atoms with Crippen molar-refractivity contribution in [1.82, 2.24) is 4.90 Å². The summed E-state index contributed by atoms with van der Waals surface area (Å²) in [6.45, 7) is 1.57. The Balaban J connectivity index is 1.55. The Hall–Kier alpha value is -2.47. The Morgan fingerprint density at radius 1 is 1.15 bits per heavy atom. The van der Waals surface area contributed by atoms with E-state index in [1.165, 1.54) is 13.2 Å². The van der Waals surface area contributed by atoms with E-state index in [0.717, 1.165) is 37.2 Å². The van der Waals surface area contributed by atoms with Gasteiger partial charge in [-0.1, -0.05) is 18.2 Å². The summed E-state index contributed by atoms with van der Waals surface area (Å²) in [5.41, 5.74) is 2.11. The number of rotatable bonds is 3. The highest BCUT2D eigenvalue weighted by Crippen LogP contribution is 2.30. The third-order valence-corrected chi connectivity index (χ3v) is 5.04. The molecule has 0 atom stereocenters. The number of methoxy groups -OCH3 is 1. The van der Waals surface area contributed by atoms with Crippen LogP contribution < -0.4 is 5.32 Å². The van der Waals surface area contributed by atoms with Crippen LogP contribution in [0.2, 0.25) is 0 Å². The minimum Gasteiger partial charge on any atom is -0.465 e. The van der Waals surface area contributed by atoms with Crippen molar-refractivity contribution in [1.29, 1.82) is 0 Å². The summed E-state index contributed by atoms with van der Waals surface area (Å²) < 4.78 is 18.6. The van der Waals surface area contributed by atoms with Crippen LogP contribution in [0.4, 0.5) is 10.1 Å². The standard InChI is InChI=1S/C20H21FN2O2S/c1-25-19(24)15-6-8-16(9-7-15)22-20(26)23-12-10-14(11-13-23)17-4-2-3-5-18(17)21/h2-9,14H,10-13H2,1H3,(H,22,26). The zero-order valence-corrected chi connectivity index (χ0v) is 15.4. The monoisotopic (exact) mass is 372 g/mol. The highest BCUT2D eigenvalue weighted by atomic mass is 32.1. The summed E-state index contributed by atoms with van der Waals surface area (Å²) >= 11 is 5.49. The summed E-state index contributed by atoms with van der Waals surface area (Å²) in [6.07, 6.45) is 1.73. The number of piperidine rings is 1. The number of likely N-dealkylation sites (tertiary alicyclic amines) is 1. The van der Waals surface area contributed by atoms with Crippen LogP contribution in [0.15, 0.2) is 48.5 Å². The lowest BCUT2D eigenvalue weighted by atomic mass is 9.89. The van der Waals surface area contributed by atoms with Crippen LogP contribution in [-0.2, 0) is 4.74 Å². The third kappa shape index (κ3) is 4.19. The molecule has 1 N–H and O–H groups in total. The molecule has 26 heavy (non-hydrogen) atoms. The van der Waals surface area contributed by atoms with Crippen LogP contribution in [0, 0.1) is 5.82 Å². The summed E-state index contributed by atoms with van der Waals surface area (Å²) in [6, 6.07) is 14.0. The van der Waals surface area contributed by atoms with Crippen molar-refractivity contribution in [2.24, 2.45) is 0 Å². The van der Waals surface area contributed by atoms with Crippen molar-refractivity contribution in [3.63, 3.8) is 0 Å². The fraction of sp³-hybridized carbons (Fsp3) is 0.300. The lowest BCUT2D eigenvalue weighted by Gasteiger charge is -2.34. The topological polar surface area (TPSA) is 41.6 Å². The Morgan fingerprint density at radius 2 is 1.81 bits per heavy atom. The number of halogens is 1. The zero-order valence-electron chi connectivity index (χ0n) is 14.6. The molecule has 136 valence electrons. The van der Waals surface area contributed by atoms with Gasteiger partial charge in [-0.2, -0.15) is 0 Å². The van der Waals surface area contributed by atoms with E-state index in [1.807, 2.05) is 12.1 Å². The van der Waals surface area contributed by atoms with Crippen LogP contribution in [0.1, 0.15) is 34.7 Å². The molecule has 1 aliphatic heterocycles. The predicted molar refractivity (Wildman–Crippen MR) is 104 cm³/mol. The van der Waals surface area contributed by atoms with E-state index in [9.17, 15) is 9.18 Å². The van der Waals surface area contributed by atoms with Crippen LogP contribution in [0.3, 0.4) is 0 Å². The smallest absolute Gasteiger partial charge is 0.337 e. The second kappa shape index (κ2) is 8.27. The summed E-state index contributed by atoms with van der Waals surface area (Å²) in [5, 5.41) is 3.83. The number of esters is 1. The molecule has 1 saturated heterocycles. The highest BCUT2D eigenvalue weighted by Gasteiger charge is 2.24. The van der Waals surface area contributed by atoms with Crippen LogP contribution in [0.5, 0.6) is 0 Å². The first-order chi connectivity index (χ1) is 12.6. The number of anilines is 1. The number of nitrogens with zero attached hydrogens (tertiary/aromatic N) is 1. The molecule has 0 aromatic heterocycles. The van der Waals surface area contributed by atoms with Gasteiger partial charge in [-0.05, 0) is 66.9 Å². The van der Waals surface area contributed by atoms with E-state index in [4.69, 9.17) is 12.2 Å². The number of carbonyl (C=O) groups excluding carboxylic acids is 1. The first kappa shape index (κ1) is 18.3. The van der Waals surface area contributed by atoms with E-state index in [0.29, 0.717) is 10.7 Å². The molecule has 1 heterocycles. The Bertz CT molecular complexity index is 787. The summed E-state index contributed by atoms with van der Waals surface area (Å²) in [7, 11) is 1.36. The van der Waals surface area contributed by atoms with Gasteiger partial charge in [0, 0.05) is 18.8 Å². The molecule has 6 heteroatoms. The molecule has 0 amide bonds. The average Bonchev–Trinajstić information content (AvgIpc) is 2.68. The maximum atomic E-state index is 13.9. The van der Waals surface area contributed by atoms with Crippen molar-refractivity contribution < 1.29 is 13.9 Å². The summed E-state index contributed by atoms with van der Waals surface area (Å²) in [5.74, 6) is -0.263. The molecule has 3 rings (SSSR count). The first-order valence-electron chi connectivity index (χ1n) is 8.57. The number of benzene rings is 2. The second-order valence-electron chi connectivity index (χ2n) is 6.28. The van der Waals surface area contributed by atoms with Crippen LogP contribution >= 0.6 is 12.2 Å². The lowest BCUT2D eigenvalue weighted by molar-refractivity contribution is 0.0601. The SMILES string of the molecule is COC(=O)c1ccc(NC(=S)N2CCC(c3ccccc3F)CC2)cc1. The predicted octanol–water partition coefficient (Wildman–Crippen LogP) is 4.19. The molecular weight excluding hydrogens is 351 g/mol. The fourth-order valence-corrected chi connectivity index (χ4v) is 3.51. The lowest BCUT2D eigenvalue weighted by Crippen LogP contribution is -2.40. The first-order valence-corrected chi connectivity index (χ1v) is 8.98. The van der Waals surface area contributed by atoms with Gasteiger partial charge in [-0.25, -0.2) is 9.18 Å². The van der Waals surface area contributed by atoms with Gasteiger partial charge < -0.3 is 15.0 Å². The Labute approximate surface area is 158 Å². The minimum atomic E-state index is -0.366. The quantitative estimate of drug-likeness (QED) is 0.646. The van der Waals surface area contributed by atoms with Gasteiger partial charge in [0.05, 0.1) is 12.7 Å². The molecular formula is C20H21FN2O2S. The number of ether oxygens (including phenoxy) is 1. The summed E-state index contributed by atoms with van der Waals surface area (Å²) in [4.78, 5) is 13.6. The van der Waals surface area contributed by atoms with Gasteiger partial charge in [-0.3, -0.25) is 0 Å². The maximum Gasteiger partial charge on any atom is 0.337 e. The largest absolute Gasteiger partial charge is 0.465 e. The number of carbonyl (C=O) groups is 1. The zero-order chi connectivity index (χ0) is 18.5. The average molecular weight is 372 g/mol. The van der Waals surface area contributed by atoms with Crippen LogP contribution in [0.25, 0.3) is 0 Å². The van der Waals surface area contributed by atoms with Gasteiger partial charge in [0.25, 0.3) is 0 Å². The molecule has 0 aliphatic carbocycles. The number of hydrogen-bond acceptors (Lipinski definition) is 3. The molecule has 0 radical (unpaired) electrons. The molecule has 0 spiro atoms. The van der Waals surface area contributed by atoms with Crippen molar-refractivity contribution >= 4 is 29.0 Å². The number of nitrogens with one attached hydrogen (secondary N) is 1. The third-order valence-electron chi connectivity index (χ3n) is 4.68. The Morgan fingerprint density at radius 3 is 2.42 bits per heavy atom. The van der Waals surface area contributed by atoms with Crippen molar-refractivity contribution in [2.45, 2.75) is 18.8 Å². The molecule has 2 aromatic rings. The minimum absolute atomic E-state index is 0.127. The van der Waals surface area contributed by atoms with Crippen molar-refractivity contribution in [3.05, 3.63) is 65.5 Å². The molecule has 0 bridgehead atoms. The molecule has 2 aromatic carbocycles. The number of hydrogen-bond donors (Lipinski definition) is 1. The highest BCUT2D eigenvalue weighted by molar-refractivity contribution is 7.80. The molecule has 4 nitrogen and oxygen atoms in total. The van der Waals surface area contributed by atoms with Gasteiger partial charge in [0.2, 0.25) is 0 Å². The van der Waals surface area contributed by atoms with E-state index in [1.54, 1.807) is 30.3 Å².